The summed E-state index contributed by atoms with van der Waals surface area (Å²) in [5.41, 5.74) is 1.97. The maximum atomic E-state index is 12.7. The molecule has 0 saturated carbocycles. The number of aromatic amines is 1. The molecule has 0 aliphatic heterocycles. The Kier molecular flexibility index (Phi) is 3.87. The summed E-state index contributed by atoms with van der Waals surface area (Å²) in [5.74, 6) is 0. The number of nitro groups is 1. The third-order valence-corrected chi connectivity index (χ3v) is 3.87. The highest BCUT2D eigenvalue weighted by Crippen LogP contribution is 2.16. The molecule has 6 nitrogen and oxygen atoms in total. The number of nitro benzene ring substituents is 1. The van der Waals surface area contributed by atoms with E-state index in [1.807, 2.05) is 30.3 Å². The van der Waals surface area contributed by atoms with E-state index in [1.165, 1.54) is 16.8 Å². The van der Waals surface area contributed by atoms with Gasteiger partial charge in [-0.05, 0) is 42.3 Å². The van der Waals surface area contributed by atoms with Gasteiger partial charge in [-0.3, -0.25) is 20.0 Å². The second-order valence-electron chi connectivity index (χ2n) is 5.37. The topological polar surface area (TPSA) is 80.9 Å². The Balaban J connectivity index is 2.20. The molecule has 0 bridgehead atoms. The second-order valence-corrected chi connectivity index (χ2v) is 5.37. The van der Waals surface area contributed by atoms with Crippen molar-refractivity contribution in [3.63, 3.8) is 0 Å². The first-order chi connectivity index (χ1) is 11.5. The highest BCUT2D eigenvalue weighted by molar-refractivity contribution is 5.64. The van der Waals surface area contributed by atoms with E-state index in [1.54, 1.807) is 19.1 Å². The molecule has 24 heavy (non-hydrogen) atoms. The zero-order chi connectivity index (χ0) is 17.3. The molecular weight excluding hydrogens is 306 g/mol. The lowest BCUT2D eigenvalue weighted by Gasteiger charge is -2.00. The van der Waals surface area contributed by atoms with Gasteiger partial charge in [0, 0.05) is 12.1 Å². The van der Waals surface area contributed by atoms with Crippen molar-refractivity contribution in [2.24, 2.45) is 0 Å². The molecule has 0 spiro atoms. The van der Waals surface area contributed by atoms with Crippen LogP contribution in [-0.2, 0) is 0 Å². The molecular formula is C18H15N3O3. The average Bonchev–Trinajstić information content (AvgIpc) is 2.89. The molecule has 1 heterocycles. The largest absolute Gasteiger partial charge is 0.291 e. The Morgan fingerprint density at radius 1 is 1.12 bits per heavy atom. The summed E-state index contributed by atoms with van der Waals surface area (Å²) >= 11 is 0. The van der Waals surface area contributed by atoms with Crippen molar-refractivity contribution in [2.45, 2.75) is 6.92 Å². The van der Waals surface area contributed by atoms with Crippen LogP contribution in [-0.4, -0.2) is 14.7 Å². The first kappa shape index (κ1) is 15.5. The minimum Gasteiger partial charge on any atom is -0.291 e. The first-order valence-electron chi connectivity index (χ1n) is 7.30. The molecule has 0 radical (unpaired) electrons. The number of benzene rings is 2. The van der Waals surface area contributed by atoms with Crippen LogP contribution in [0.3, 0.4) is 0 Å². The molecule has 0 atom stereocenters. The SMILES string of the molecule is C=c1[nH]n(-c2ccccc2)c(=O)/c1=C(\C)c1ccc([N+](=O)[O-])cc1. The van der Waals surface area contributed by atoms with E-state index in [0.29, 0.717) is 16.1 Å². The van der Waals surface area contributed by atoms with E-state index in [9.17, 15) is 14.9 Å². The van der Waals surface area contributed by atoms with Gasteiger partial charge in [0.25, 0.3) is 11.2 Å². The van der Waals surface area contributed by atoms with Gasteiger partial charge in [0.05, 0.1) is 21.2 Å². The van der Waals surface area contributed by atoms with Crippen molar-refractivity contribution in [3.8, 4) is 5.69 Å². The molecule has 120 valence electrons. The lowest BCUT2D eigenvalue weighted by atomic mass is 10.1. The predicted molar refractivity (Wildman–Crippen MR) is 92.4 cm³/mol. The van der Waals surface area contributed by atoms with Gasteiger partial charge in [0.2, 0.25) is 0 Å². The monoisotopic (exact) mass is 321 g/mol. The van der Waals surface area contributed by atoms with Crippen molar-refractivity contribution in [1.29, 1.82) is 0 Å². The third-order valence-electron chi connectivity index (χ3n) is 3.87. The number of aromatic nitrogens is 2. The lowest BCUT2D eigenvalue weighted by Crippen LogP contribution is -2.36. The Labute approximate surface area is 137 Å². The van der Waals surface area contributed by atoms with Crippen LogP contribution < -0.4 is 16.1 Å². The molecule has 1 N–H and O–H groups in total. The average molecular weight is 321 g/mol. The third kappa shape index (κ3) is 2.65. The predicted octanol–water partition coefficient (Wildman–Crippen LogP) is 1.70. The normalized spacial score (nSPS) is 12.0. The lowest BCUT2D eigenvalue weighted by molar-refractivity contribution is -0.384. The number of hydrogen-bond donors (Lipinski definition) is 1. The van der Waals surface area contributed by atoms with E-state index in [-0.39, 0.29) is 11.2 Å². The van der Waals surface area contributed by atoms with Gasteiger partial charge < -0.3 is 0 Å². The van der Waals surface area contributed by atoms with Crippen LogP contribution in [0.1, 0.15) is 12.5 Å². The number of nitrogens with one attached hydrogen (secondary N) is 1. The number of H-pyrrole nitrogens is 1. The quantitative estimate of drug-likeness (QED) is 0.589. The summed E-state index contributed by atoms with van der Waals surface area (Å²) in [4.78, 5) is 23.0. The molecule has 2 aromatic carbocycles. The van der Waals surface area contributed by atoms with Gasteiger partial charge in [-0.25, -0.2) is 4.68 Å². The molecule has 0 fully saturated rings. The number of non-ortho nitro benzene ring substituents is 1. The van der Waals surface area contributed by atoms with Gasteiger partial charge in [0.15, 0.2) is 0 Å². The van der Waals surface area contributed by atoms with Crippen molar-refractivity contribution in [3.05, 3.63) is 91.2 Å². The zero-order valence-corrected chi connectivity index (χ0v) is 13.0. The minimum atomic E-state index is -0.454. The molecule has 1 aromatic heterocycles. The fraction of sp³-hybridized carbons (Fsp3) is 0.0556. The number of rotatable bonds is 3. The standard InChI is InChI=1S/C18H15N3O3/c1-12(14-8-10-16(11-9-14)21(23)24)17-13(2)19-20(18(17)22)15-6-4-3-5-7-15/h3-11,19H,2H2,1H3/b17-12+. The molecule has 0 saturated heterocycles. The fourth-order valence-electron chi connectivity index (χ4n) is 2.61. The van der Waals surface area contributed by atoms with Crippen LogP contribution in [0.4, 0.5) is 5.69 Å². The van der Waals surface area contributed by atoms with E-state index in [4.69, 9.17) is 0 Å². The molecule has 0 unspecified atom stereocenters. The molecule has 0 amide bonds. The molecule has 6 heteroatoms. The summed E-state index contributed by atoms with van der Waals surface area (Å²) < 4.78 is 1.44. The highest BCUT2D eigenvalue weighted by Gasteiger charge is 2.09. The minimum absolute atomic E-state index is 0.0113. The van der Waals surface area contributed by atoms with E-state index >= 15 is 0 Å². The molecule has 3 aromatic rings. The number of nitrogens with zero attached hydrogens (tertiary/aromatic N) is 2. The number of para-hydroxylation sites is 1. The maximum Gasteiger partial charge on any atom is 0.279 e. The van der Waals surface area contributed by atoms with Crippen LogP contribution in [0.15, 0.2) is 59.4 Å². The molecule has 3 rings (SSSR count). The van der Waals surface area contributed by atoms with Gasteiger partial charge in [-0.2, -0.15) is 0 Å². The highest BCUT2D eigenvalue weighted by atomic mass is 16.6. The summed E-state index contributed by atoms with van der Waals surface area (Å²) in [6.45, 7) is 5.72. The van der Waals surface area contributed by atoms with E-state index < -0.39 is 4.92 Å². The van der Waals surface area contributed by atoms with Crippen LogP contribution in [0.2, 0.25) is 0 Å². The molecule has 0 aliphatic carbocycles. The fourth-order valence-corrected chi connectivity index (χ4v) is 2.61. The maximum absolute atomic E-state index is 12.7. The van der Waals surface area contributed by atoms with E-state index in [0.717, 1.165) is 11.3 Å². The van der Waals surface area contributed by atoms with Crippen molar-refractivity contribution in [1.82, 2.24) is 9.78 Å². The zero-order valence-electron chi connectivity index (χ0n) is 13.0. The van der Waals surface area contributed by atoms with Gasteiger partial charge in [-0.15, -0.1) is 0 Å². The van der Waals surface area contributed by atoms with Crippen LogP contribution in [0.25, 0.3) is 17.8 Å². The Morgan fingerprint density at radius 2 is 1.75 bits per heavy atom. The van der Waals surface area contributed by atoms with Gasteiger partial charge in [0.1, 0.15) is 0 Å². The Bertz CT molecular complexity index is 1060. The second kappa shape index (κ2) is 6.00. The summed E-state index contributed by atoms with van der Waals surface area (Å²) in [7, 11) is 0. The molecule has 0 aliphatic rings. The van der Waals surface area contributed by atoms with Crippen molar-refractivity contribution >= 4 is 17.8 Å². The van der Waals surface area contributed by atoms with Crippen LogP contribution >= 0.6 is 0 Å². The van der Waals surface area contributed by atoms with Crippen molar-refractivity contribution < 1.29 is 4.92 Å². The van der Waals surface area contributed by atoms with Crippen LogP contribution in [0, 0.1) is 10.1 Å². The Hall–Kier alpha value is -3.41. The van der Waals surface area contributed by atoms with Gasteiger partial charge >= 0.3 is 0 Å². The summed E-state index contributed by atoms with van der Waals surface area (Å²) in [6, 6.07) is 15.3. The number of hydrogen-bond acceptors (Lipinski definition) is 3. The Morgan fingerprint density at radius 3 is 2.33 bits per heavy atom. The summed E-state index contributed by atoms with van der Waals surface area (Å²) in [5, 5.41) is 14.7. The van der Waals surface area contributed by atoms with Crippen molar-refractivity contribution in [2.75, 3.05) is 0 Å². The van der Waals surface area contributed by atoms with Gasteiger partial charge in [-0.1, -0.05) is 24.8 Å². The smallest absolute Gasteiger partial charge is 0.279 e. The first-order valence-corrected chi connectivity index (χ1v) is 7.30. The summed E-state index contributed by atoms with van der Waals surface area (Å²) in [6.07, 6.45) is 0. The van der Waals surface area contributed by atoms with E-state index in [2.05, 4.69) is 11.7 Å². The van der Waals surface area contributed by atoms with Crippen LogP contribution in [0.5, 0.6) is 0 Å².